The molecule has 0 amide bonds. The molecule has 6 N–H and O–H groups in total. The molecule has 34 heavy (non-hydrogen) atoms. The molecule has 3 rings (SSSR count). The van der Waals surface area contributed by atoms with Crippen molar-refractivity contribution < 1.29 is 21.9 Å². The second-order valence-electron chi connectivity index (χ2n) is 5.69. The zero-order valence-electron chi connectivity index (χ0n) is 17.6. The lowest BCUT2D eigenvalue weighted by Crippen LogP contribution is -2.12. The number of thioether (sulfide) groups is 1. The van der Waals surface area contributed by atoms with Crippen molar-refractivity contribution in [2.45, 2.75) is 20.2 Å². The molecule has 1 saturated heterocycles. The summed E-state index contributed by atoms with van der Waals surface area (Å²) in [5, 5.41) is 3.97. The summed E-state index contributed by atoms with van der Waals surface area (Å²) in [7, 11) is -4.27. The molecule has 0 saturated carbocycles. The zero-order valence-corrected chi connectivity index (χ0v) is 20.9. The van der Waals surface area contributed by atoms with Crippen LogP contribution in [0.4, 0.5) is 0 Å². The third-order valence-corrected chi connectivity index (χ3v) is 5.17. The number of benzene rings is 2. The summed E-state index contributed by atoms with van der Waals surface area (Å²) >= 11 is 5.78. The number of thiol groups is 1. The predicted octanol–water partition coefficient (Wildman–Crippen LogP) is 3.85. The maximum atomic E-state index is 10.0. The van der Waals surface area contributed by atoms with E-state index >= 15 is 0 Å². The van der Waals surface area contributed by atoms with Crippen LogP contribution in [0.1, 0.15) is 36.1 Å². The molecule has 2 aromatic rings. The SMILES string of the molecule is C.C.Cl.NCCOS(=O)(=O)O.NCCS.O=Cc1ccccc1.c1ccc(C2NCCS2)cc1. The first-order valence-corrected chi connectivity index (χ1v) is 12.5. The molecule has 1 atom stereocenters. The Morgan fingerprint density at radius 3 is 1.85 bits per heavy atom. The summed E-state index contributed by atoms with van der Waals surface area (Å²) in [5.74, 6) is 2.03. The number of rotatable bonds is 6. The van der Waals surface area contributed by atoms with E-state index in [1.807, 2.05) is 30.0 Å². The van der Waals surface area contributed by atoms with Crippen LogP contribution in [0.3, 0.4) is 0 Å². The number of nitrogens with one attached hydrogen (secondary N) is 1. The highest BCUT2D eigenvalue weighted by Gasteiger charge is 2.15. The average molecular weight is 558 g/mol. The van der Waals surface area contributed by atoms with Gasteiger partial charge in [0.05, 0.1) is 12.0 Å². The van der Waals surface area contributed by atoms with E-state index in [0.717, 1.165) is 24.1 Å². The van der Waals surface area contributed by atoms with Gasteiger partial charge in [-0.1, -0.05) is 75.5 Å². The van der Waals surface area contributed by atoms with Gasteiger partial charge in [0.15, 0.2) is 0 Å². The van der Waals surface area contributed by atoms with E-state index in [4.69, 9.17) is 16.0 Å². The summed E-state index contributed by atoms with van der Waals surface area (Å²) in [6, 6.07) is 19.7. The molecule has 1 fully saturated rings. The number of hydrogen-bond acceptors (Lipinski definition) is 9. The fourth-order valence-corrected chi connectivity index (χ4v) is 3.32. The Balaban J connectivity index is -0.000000180. The van der Waals surface area contributed by atoms with Crippen LogP contribution in [0.2, 0.25) is 0 Å². The molecular weight excluding hydrogens is 518 g/mol. The first-order chi connectivity index (χ1) is 14.9. The van der Waals surface area contributed by atoms with Crippen molar-refractivity contribution in [3.8, 4) is 0 Å². The molecule has 0 aromatic heterocycles. The van der Waals surface area contributed by atoms with E-state index in [0.29, 0.717) is 11.9 Å². The standard InChI is InChI=1S/C9H11NS.C7H6O.C2H7NO4S.C2H7NS.2CH4.ClH/c1-2-4-8(5-3-1)9-10-6-7-11-9;8-6-7-4-2-1-3-5-7;3-1-2-7-8(4,5)6;3-1-2-4;;;/h1-5,9-10H,6-7H2;1-6H;1-3H2,(H,4,5,6);4H,1-3H2;2*1H4;1H. The predicted molar refractivity (Wildman–Crippen MR) is 152 cm³/mol. The van der Waals surface area contributed by atoms with E-state index in [9.17, 15) is 13.2 Å². The molecule has 1 aliphatic heterocycles. The van der Waals surface area contributed by atoms with Gasteiger partial charge in [-0.3, -0.25) is 9.35 Å². The highest BCUT2D eigenvalue weighted by molar-refractivity contribution is 7.99. The minimum absolute atomic E-state index is 0. The Morgan fingerprint density at radius 1 is 1.06 bits per heavy atom. The summed E-state index contributed by atoms with van der Waals surface area (Å²) in [6.07, 6.45) is 0.833. The van der Waals surface area contributed by atoms with Gasteiger partial charge in [-0.2, -0.15) is 21.0 Å². The lowest BCUT2D eigenvalue weighted by atomic mass is 10.2. The van der Waals surface area contributed by atoms with Gasteiger partial charge in [0.2, 0.25) is 0 Å². The third kappa shape index (κ3) is 24.0. The van der Waals surface area contributed by atoms with Crippen LogP contribution in [-0.4, -0.2) is 57.0 Å². The van der Waals surface area contributed by atoms with E-state index < -0.39 is 10.4 Å². The molecule has 1 aliphatic rings. The number of halogens is 1. The Kier molecular flexibility index (Phi) is 31.2. The molecule has 1 heterocycles. The molecule has 198 valence electrons. The number of nitrogens with two attached hydrogens (primary N) is 2. The Bertz CT molecular complexity index is 781. The lowest BCUT2D eigenvalue weighted by Gasteiger charge is -2.08. The summed E-state index contributed by atoms with van der Waals surface area (Å²) in [4.78, 5) is 10.0. The monoisotopic (exact) mass is 557 g/mol. The fraction of sp³-hybridized carbons (Fsp3) is 0.409. The quantitative estimate of drug-likeness (QED) is 0.203. The van der Waals surface area contributed by atoms with Crippen molar-refractivity contribution in [2.75, 3.05) is 37.7 Å². The van der Waals surface area contributed by atoms with Crippen LogP contribution < -0.4 is 16.8 Å². The molecule has 2 aromatic carbocycles. The minimum Gasteiger partial charge on any atom is -0.330 e. The van der Waals surface area contributed by atoms with Gasteiger partial charge in [-0.15, -0.1) is 24.2 Å². The van der Waals surface area contributed by atoms with Crippen molar-refractivity contribution in [2.24, 2.45) is 11.5 Å². The van der Waals surface area contributed by atoms with Crippen molar-refractivity contribution in [1.29, 1.82) is 0 Å². The topological polar surface area (TPSA) is 145 Å². The van der Waals surface area contributed by atoms with E-state index in [2.05, 4.69) is 52.5 Å². The van der Waals surface area contributed by atoms with Crippen LogP contribution in [0.15, 0.2) is 60.7 Å². The first-order valence-electron chi connectivity index (χ1n) is 9.40. The van der Waals surface area contributed by atoms with Crippen LogP contribution in [0.25, 0.3) is 0 Å². The molecule has 8 nitrogen and oxygen atoms in total. The third-order valence-electron chi connectivity index (χ3n) is 3.23. The molecule has 12 heteroatoms. The smallest absolute Gasteiger partial charge is 0.330 e. The highest BCUT2D eigenvalue weighted by Crippen LogP contribution is 2.29. The Labute approximate surface area is 221 Å². The van der Waals surface area contributed by atoms with Gasteiger partial charge in [-0.05, 0) is 5.56 Å². The molecule has 0 bridgehead atoms. The minimum atomic E-state index is -4.27. The molecule has 1 unspecified atom stereocenters. The van der Waals surface area contributed by atoms with Crippen molar-refractivity contribution in [3.63, 3.8) is 0 Å². The normalized spacial score (nSPS) is 13.4. The van der Waals surface area contributed by atoms with Gasteiger partial charge in [0.25, 0.3) is 0 Å². The van der Waals surface area contributed by atoms with Gasteiger partial charge in [-0.25, -0.2) is 4.18 Å². The average Bonchev–Trinajstić information content (AvgIpc) is 3.34. The Morgan fingerprint density at radius 2 is 1.56 bits per heavy atom. The van der Waals surface area contributed by atoms with Crippen LogP contribution in [0, 0.1) is 0 Å². The van der Waals surface area contributed by atoms with Gasteiger partial charge in [0, 0.05) is 36.7 Å². The van der Waals surface area contributed by atoms with E-state index in [1.165, 1.54) is 11.3 Å². The summed E-state index contributed by atoms with van der Waals surface area (Å²) in [6.45, 7) is 1.71. The summed E-state index contributed by atoms with van der Waals surface area (Å²) < 4.78 is 31.0. The second kappa shape index (κ2) is 26.5. The maximum Gasteiger partial charge on any atom is 0.397 e. The van der Waals surface area contributed by atoms with Crippen molar-refractivity contribution >= 4 is 53.5 Å². The van der Waals surface area contributed by atoms with Gasteiger partial charge in [0.1, 0.15) is 6.29 Å². The second-order valence-corrected chi connectivity index (χ2v) is 8.45. The van der Waals surface area contributed by atoms with Gasteiger partial charge < -0.3 is 16.8 Å². The largest absolute Gasteiger partial charge is 0.397 e. The fourth-order valence-electron chi connectivity index (χ4n) is 1.95. The van der Waals surface area contributed by atoms with Crippen molar-refractivity contribution in [3.05, 3.63) is 71.8 Å². The zero-order chi connectivity index (χ0) is 23.4. The summed E-state index contributed by atoms with van der Waals surface area (Å²) in [5.41, 5.74) is 11.9. The highest BCUT2D eigenvalue weighted by atomic mass is 35.5. The van der Waals surface area contributed by atoms with E-state index in [-0.39, 0.29) is 40.4 Å². The number of carbonyl (C=O) groups excluding carboxylic acids is 1. The van der Waals surface area contributed by atoms with Crippen molar-refractivity contribution in [1.82, 2.24) is 5.32 Å². The molecular formula is C22H40ClN3O5S3. The van der Waals surface area contributed by atoms with Crippen LogP contribution in [0.5, 0.6) is 0 Å². The first kappa shape index (κ1) is 40.0. The number of carbonyl (C=O) groups is 1. The van der Waals surface area contributed by atoms with Crippen LogP contribution >= 0.6 is 36.8 Å². The molecule has 0 spiro atoms. The molecule has 0 radical (unpaired) electrons. The number of aldehydes is 1. The number of hydrogen-bond donors (Lipinski definition) is 5. The van der Waals surface area contributed by atoms with E-state index in [1.54, 1.807) is 12.1 Å². The molecule has 0 aliphatic carbocycles. The lowest BCUT2D eigenvalue weighted by molar-refractivity contribution is 0.112. The Hall–Kier alpha value is -1.15. The van der Waals surface area contributed by atoms with Crippen LogP contribution in [-0.2, 0) is 14.6 Å². The maximum absolute atomic E-state index is 10.0. The van der Waals surface area contributed by atoms with Gasteiger partial charge >= 0.3 is 10.4 Å².